The Kier molecular flexibility index (Phi) is 7.08. The predicted molar refractivity (Wildman–Crippen MR) is 135 cm³/mol. The number of fused-ring (bicyclic) bond motifs is 1. The summed E-state index contributed by atoms with van der Waals surface area (Å²) in [5, 5.41) is 2.59. The van der Waals surface area contributed by atoms with Crippen LogP contribution in [0.1, 0.15) is 46.6 Å². The highest BCUT2D eigenvalue weighted by atomic mass is 35.5. The SMILES string of the molecule is Cc1cc(-c2ccc(C(=O)NCC(=O)[C@H]3CCCCC3N3C[C@H](Cl)[C@H]4OCC(=O)[C@H]43)s2)c(C)cn1. The van der Waals surface area contributed by atoms with Gasteiger partial charge in [-0.1, -0.05) is 12.8 Å². The van der Waals surface area contributed by atoms with E-state index in [0.29, 0.717) is 11.4 Å². The second kappa shape index (κ2) is 10.1. The van der Waals surface area contributed by atoms with Crippen LogP contribution in [0.15, 0.2) is 24.4 Å². The molecule has 9 heteroatoms. The highest BCUT2D eigenvalue weighted by Gasteiger charge is 2.53. The van der Waals surface area contributed by atoms with E-state index in [9.17, 15) is 14.4 Å². The highest BCUT2D eigenvalue weighted by Crippen LogP contribution is 2.38. The molecule has 1 saturated carbocycles. The lowest BCUT2D eigenvalue weighted by atomic mass is 9.80. The molecule has 0 radical (unpaired) electrons. The van der Waals surface area contributed by atoms with Crippen molar-refractivity contribution in [2.45, 2.75) is 63.1 Å². The normalized spacial score (nSPS) is 28.8. The molecule has 2 aliphatic heterocycles. The quantitative estimate of drug-likeness (QED) is 0.592. The fourth-order valence-corrected chi connectivity index (χ4v) is 7.12. The van der Waals surface area contributed by atoms with Crippen molar-refractivity contribution in [2.24, 2.45) is 5.92 Å². The summed E-state index contributed by atoms with van der Waals surface area (Å²) in [6, 6.07) is 5.36. The molecular weight excluding hydrogens is 486 g/mol. The van der Waals surface area contributed by atoms with Crippen LogP contribution < -0.4 is 5.32 Å². The molecule has 0 bridgehead atoms. The van der Waals surface area contributed by atoms with Gasteiger partial charge in [-0.25, -0.2) is 0 Å². The van der Waals surface area contributed by atoms with E-state index in [1.807, 2.05) is 32.2 Å². The fraction of sp³-hybridized carbons (Fsp3) is 0.538. The van der Waals surface area contributed by atoms with E-state index in [1.54, 1.807) is 6.07 Å². The number of thiophene rings is 1. The summed E-state index contributed by atoms with van der Waals surface area (Å²) in [5.74, 6) is -0.397. The van der Waals surface area contributed by atoms with Crippen molar-refractivity contribution in [3.8, 4) is 10.4 Å². The predicted octanol–water partition coefficient (Wildman–Crippen LogP) is 3.54. The lowest BCUT2D eigenvalue weighted by Gasteiger charge is -2.39. The first kappa shape index (κ1) is 24.6. The van der Waals surface area contributed by atoms with Gasteiger partial charge in [0.25, 0.3) is 5.91 Å². The van der Waals surface area contributed by atoms with Gasteiger partial charge in [0.1, 0.15) is 6.61 Å². The summed E-state index contributed by atoms with van der Waals surface area (Å²) in [7, 11) is 0. The Morgan fingerprint density at radius 1 is 1.26 bits per heavy atom. The maximum Gasteiger partial charge on any atom is 0.261 e. The number of ether oxygens (including phenoxy) is 1. The van der Waals surface area contributed by atoms with E-state index < -0.39 is 0 Å². The molecular formula is C26H30ClN3O4S. The second-order valence-corrected chi connectivity index (χ2v) is 11.5. The molecule has 1 N–H and O–H groups in total. The third-order valence-electron chi connectivity index (χ3n) is 7.49. The Bertz CT molecular complexity index is 1150. The first-order valence-corrected chi connectivity index (χ1v) is 13.5. The zero-order chi connectivity index (χ0) is 24.7. The standard InChI is InChI=1S/C26H30ClN3O4S/c1-14-10-28-15(2)9-17(14)22-7-8-23(35-22)26(33)29-11-20(31)16-5-3-4-6-19(16)30-12-18(27)25-24(30)21(32)13-34-25/h7-10,16,18-19,24-25H,3-6,11-13H2,1-2H3,(H,29,33)/t16-,18-,19?,24+,25+/m0/s1. The first-order valence-electron chi connectivity index (χ1n) is 12.2. The van der Waals surface area contributed by atoms with Crippen LogP contribution in [0, 0.1) is 19.8 Å². The number of ketones is 2. The minimum absolute atomic E-state index is 0.0152. The Labute approximate surface area is 214 Å². The molecule has 3 aliphatic rings. The van der Waals surface area contributed by atoms with Crippen molar-refractivity contribution in [3.05, 3.63) is 40.5 Å². The number of nitrogens with zero attached hydrogens (tertiary/aromatic N) is 2. The van der Waals surface area contributed by atoms with Gasteiger partial charge in [0.15, 0.2) is 11.6 Å². The molecule has 0 aromatic carbocycles. The van der Waals surface area contributed by atoms with Crippen LogP contribution >= 0.6 is 22.9 Å². The van der Waals surface area contributed by atoms with E-state index in [4.69, 9.17) is 16.3 Å². The number of carbonyl (C=O) groups excluding carboxylic acids is 3. The number of hydrogen-bond donors (Lipinski definition) is 1. The molecule has 5 rings (SSSR count). The maximum atomic E-state index is 13.3. The van der Waals surface area contributed by atoms with Crippen molar-refractivity contribution in [1.82, 2.24) is 15.2 Å². The van der Waals surface area contributed by atoms with Crippen LogP contribution in [0.4, 0.5) is 0 Å². The molecule has 186 valence electrons. The third kappa shape index (κ3) is 4.81. The summed E-state index contributed by atoms with van der Waals surface area (Å²) >= 11 is 7.90. The molecule has 2 aromatic heterocycles. The van der Waals surface area contributed by atoms with Gasteiger partial charge in [-0.05, 0) is 56.0 Å². The lowest BCUT2D eigenvalue weighted by Crippen LogP contribution is -2.52. The van der Waals surface area contributed by atoms with Crippen molar-refractivity contribution in [1.29, 1.82) is 0 Å². The lowest BCUT2D eigenvalue weighted by molar-refractivity contribution is -0.128. The summed E-state index contributed by atoms with van der Waals surface area (Å²) in [4.78, 5) is 46.6. The van der Waals surface area contributed by atoms with Gasteiger partial charge >= 0.3 is 0 Å². The van der Waals surface area contributed by atoms with Crippen molar-refractivity contribution < 1.29 is 19.1 Å². The number of nitrogens with one attached hydrogen (secondary N) is 1. The summed E-state index contributed by atoms with van der Waals surface area (Å²) < 4.78 is 5.63. The minimum Gasteiger partial charge on any atom is -0.367 e. The van der Waals surface area contributed by atoms with Crippen LogP contribution in [0.5, 0.6) is 0 Å². The van der Waals surface area contributed by atoms with Crippen molar-refractivity contribution in [2.75, 3.05) is 19.7 Å². The van der Waals surface area contributed by atoms with Crippen molar-refractivity contribution >= 4 is 40.4 Å². The maximum absolute atomic E-state index is 13.3. The number of amides is 1. The molecule has 3 fully saturated rings. The number of hydrogen-bond acceptors (Lipinski definition) is 7. The fourth-order valence-electron chi connectivity index (χ4n) is 5.74. The summed E-state index contributed by atoms with van der Waals surface area (Å²) in [6.07, 6.45) is 5.15. The largest absolute Gasteiger partial charge is 0.367 e. The summed E-state index contributed by atoms with van der Waals surface area (Å²) in [6.45, 7) is 4.57. The first-order chi connectivity index (χ1) is 16.8. The molecule has 1 aliphatic carbocycles. The van der Waals surface area contributed by atoms with Crippen LogP contribution in [-0.2, 0) is 14.3 Å². The third-order valence-corrected chi connectivity index (χ3v) is 8.99. The van der Waals surface area contributed by atoms with Gasteiger partial charge in [0, 0.05) is 35.3 Å². The smallest absolute Gasteiger partial charge is 0.261 e. The monoisotopic (exact) mass is 515 g/mol. The molecule has 1 amide bonds. The minimum atomic E-state index is -0.352. The zero-order valence-electron chi connectivity index (χ0n) is 20.0. The average molecular weight is 516 g/mol. The molecule has 7 nitrogen and oxygen atoms in total. The van der Waals surface area contributed by atoms with E-state index in [0.717, 1.165) is 47.4 Å². The Balaban J connectivity index is 1.24. The number of aromatic nitrogens is 1. The van der Waals surface area contributed by atoms with Gasteiger partial charge in [-0.2, -0.15) is 0 Å². The van der Waals surface area contributed by atoms with E-state index in [2.05, 4.69) is 15.2 Å². The highest BCUT2D eigenvalue weighted by molar-refractivity contribution is 7.17. The molecule has 0 spiro atoms. The number of carbonyl (C=O) groups is 3. The molecule has 2 aromatic rings. The topological polar surface area (TPSA) is 88.6 Å². The van der Waals surface area contributed by atoms with Crippen LogP contribution in [0.25, 0.3) is 10.4 Å². The number of aryl methyl sites for hydroxylation is 2. The molecule has 1 unspecified atom stereocenters. The molecule has 2 saturated heterocycles. The Morgan fingerprint density at radius 2 is 2.06 bits per heavy atom. The number of halogens is 1. The number of alkyl halides is 1. The van der Waals surface area contributed by atoms with Gasteiger partial charge < -0.3 is 10.1 Å². The number of likely N-dealkylation sites (tertiary alicyclic amines) is 1. The van der Waals surface area contributed by atoms with Gasteiger partial charge in [0.2, 0.25) is 0 Å². The Morgan fingerprint density at radius 3 is 2.89 bits per heavy atom. The van der Waals surface area contributed by atoms with E-state index >= 15 is 0 Å². The number of pyridine rings is 1. The molecule has 4 heterocycles. The number of rotatable bonds is 6. The zero-order valence-corrected chi connectivity index (χ0v) is 21.5. The summed E-state index contributed by atoms with van der Waals surface area (Å²) in [5.41, 5.74) is 3.04. The van der Waals surface area contributed by atoms with Crippen LogP contribution in [0.3, 0.4) is 0 Å². The molecule has 5 atom stereocenters. The van der Waals surface area contributed by atoms with Gasteiger partial charge in [-0.15, -0.1) is 22.9 Å². The van der Waals surface area contributed by atoms with Crippen molar-refractivity contribution in [3.63, 3.8) is 0 Å². The van der Waals surface area contributed by atoms with E-state index in [-0.39, 0.29) is 60.1 Å². The number of Topliss-reactive ketones (excluding diaryl/α,β-unsaturated/α-hetero) is 2. The van der Waals surface area contributed by atoms with Gasteiger partial charge in [-0.3, -0.25) is 24.3 Å². The second-order valence-electron chi connectivity index (χ2n) is 9.81. The van der Waals surface area contributed by atoms with Crippen LogP contribution in [0.2, 0.25) is 0 Å². The Hall–Kier alpha value is -2.13. The van der Waals surface area contributed by atoms with Gasteiger partial charge in [0.05, 0.1) is 28.9 Å². The van der Waals surface area contributed by atoms with E-state index in [1.165, 1.54) is 11.3 Å². The average Bonchev–Trinajstić information content (AvgIpc) is 3.57. The van der Waals surface area contributed by atoms with Crippen LogP contribution in [-0.4, -0.2) is 70.6 Å². The molecule has 35 heavy (non-hydrogen) atoms.